The highest BCUT2D eigenvalue weighted by atomic mass is 35.5. The number of halogens is 1. The highest BCUT2D eigenvalue weighted by Gasteiger charge is 2.33. The molecule has 0 spiro atoms. The van der Waals surface area contributed by atoms with Crippen molar-refractivity contribution < 1.29 is 4.74 Å². The van der Waals surface area contributed by atoms with Crippen molar-refractivity contribution in [1.29, 1.82) is 5.26 Å². The summed E-state index contributed by atoms with van der Waals surface area (Å²) in [6.45, 7) is 8.53. The van der Waals surface area contributed by atoms with E-state index in [0.29, 0.717) is 27.5 Å². The smallest absolute Gasteiger partial charge is 0.251 e. The van der Waals surface area contributed by atoms with Crippen LogP contribution in [0.3, 0.4) is 0 Å². The lowest BCUT2D eigenvalue weighted by Gasteiger charge is -2.37. The summed E-state index contributed by atoms with van der Waals surface area (Å²) in [5.41, 5.74) is 2.39. The predicted molar refractivity (Wildman–Crippen MR) is 124 cm³/mol. The van der Waals surface area contributed by atoms with E-state index < -0.39 is 0 Å². The summed E-state index contributed by atoms with van der Waals surface area (Å²) in [6, 6.07) is 12.5. The maximum Gasteiger partial charge on any atom is 0.251 e. The van der Waals surface area contributed by atoms with Gasteiger partial charge in [0.2, 0.25) is 0 Å². The second-order valence-electron chi connectivity index (χ2n) is 8.67. The normalized spacial score (nSPS) is 13.3. The molecule has 0 saturated carbocycles. The van der Waals surface area contributed by atoms with E-state index in [2.05, 4.69) is 31.8 Å². The number of pyridine rings is 2. The van der Waals surface area contributed by atoms with Crippen LogP contribution in [0.4, 0.5) is 0 Å². The maximum atomic E-state index is 13.2. The lowest BCUT2D eigenvalue weighted by molar-refractivity contribution is 0.242. The van der Waals surface area contributed by atoms with Crippen LogP contribution in [0, 0.1) is 16.7 Å². The Morgan fingerprint density at radius 2 is 1.81 bits per heavy atom. The average molecular weight is 436 g/mol. The number of nitriles is 1. The third-order valence-electron chi connectivity index (χ3n) is 5.58. The highest BCUT2D eigenvalue weighted by Crippen LogP contribution is 2.43. The minimum Gasteiger partial charge on any atom is -0.495 e. The monoisotopic (exact) mass is 435 g/mol. The van der Waals surface area contributed by atoms with E-state index >= 15 is 0 Å². The van der Waals surface area contributed by atoms with Crippen molar-refractivity contribution >= 4 is 11.6 Å². The van der Waals surface area contributed by atoms with Crippen LogP contribution in [0.5, 0.6) is 5.75 Å². The molecule has 2 aromatic heterocycles. The van der Waals surface area contributed by atoms with Gasteiger partial charge in [-0.3, -0.25) is 9.78 Å². The van der Waals surface area contributed by atoms with Crippen molar-refractivity contribution in [2.24, 2.45) is 5.41 Å². The van der Waals surface area contributed by atoms with Crippen LogP contribution in [0.1, 0.15) is 50.8 Å². The van der Waals surface area contributed by atoms with E-state index in [0.717, 1.165) is 5.56 Å². The number of rotatable bonds is 5. The molecule has 3 rings (SSSR count). The van der Waals surface area contributed by atoms with Crippen molar-refractivity contribution in [2.45, 2.75) is 39.7 Å². The van der Waals surface area contributed by atoms with Crippen LogP contribution in [0.25, 0.3) is 11.1 Å². The van der Waals surface area contributed by atoms with Gasteiger partial charge in [-0.25, -0.2) is 0 Å². The molecular formula is C25H26ClN3O2. The Bertz CT molecular complexity index is 1170. The third kappa shape index (κ3) is 4.65. The van der Waals surface area contributed by atoms with Gasteiger partial charge in [0, 0.05) is 46.6 Å². The van der Waals surface area contributed by atoms with Gasteiger partial charge in [0.1, 0.15) is 5.75 Å². The molecule has 0 radical (unpaired) electrons. The zero-order valence-electron chi connectivity index (χ0n) is 18.4. The fraction of sp³-hybridized carbons (Fsp3) is 0.320. The van der Waals surface area contributed by atoms with Gasteiger partial charge in [0.05, 0.1) is 24.9 Å². The minimum absolute atomic E-state index is 0.0598. The summed E-state index contributed by atoms with van der Waals surface area (Å²) >= 11 is 6.16. The molecular weight excluding hydrogens is 410 g/mol. The molecule has 0 aliphatic heterocycles. The van der Waals surface area contributed by atoms with Gasteiger partial charge in [0.15, 0.2) is 0 Å². The SMILES string of the molecule is COc1cn(C(C)C(c2ccncc2)C(C)(C)C)c(=O)cc1-c1cc(Cl)ccc1C#N. The third-order valence-corrected chi connectivity index (χ3v) is 5.81. The van der Waals surface area contributed by atoms with Gasteiger partial charge in [0.25, 0.3) is 5.56 Å². The Hall–Kier alpha value is -3.10. The molecule has 0 fully saturated rings. The quantitative estimate of drug-likeness (QED) is 0.505. The summed E-state index contributed by atoms with van der Waals surface area (Å²) in [6.07, 6.45) is 5.27. The van der Waals surface area contributed by atoms with E-state index in [9.17, 15) is 10.1 Å². The second-order valence-corrected chi connectivity index (χ2v) is 9.10. The van der Waals surface area contributed by atoms with Gasteiger partial charge < -0.3 is 9.30 Å². The largest absolute Gasteiger partial charge is 0.495 e. The first-order chi connectivity index (χ1) is 14.7. The topological polar surface area (TPSA) is 67.9 Å². The minimum atomic E-state index is -0.171. The Kier molecular flexibility index (Phi) is 6.52. The van der Waals surface area contributed by atoms with Crippen LogP contribution >= 0.6 is 11.6 Å². The Morgan fingerprint density at radius 1 is 1.13 bits per heavy atom. The highest BCUT2D eigenvalue weighted by molar-refractivity contribution is 6.31. The zero-order chi connectivity index (χ0) is 22.8. The molecule has 6 heteroatoms. The lowest BCUT2D eigenvalue weighted by atomic mass is 9.73. The number of benzene rings is 1. The number of ether oxygens (including phenoxy) is 1. The van der Waals surface area contributed by atoms with E-state index in [1.165, 1.54) is 6.07 Å². The zero-order valence-corrected chi connectivity index (χ0v) is 19.1. The molecule has 160 valence electrons. The maximum absolute atomic E-state index is 13.2. The van der Waals surface area contributed by atoms with Gasteiger partial charge >= 0.3 is 0 Å². The van der Waals surface area contributed by atoms with E-state index in [1.807, 2.05) is 19.1 Å². The van der Waals surface area contributed by atoms with Crippen molar-refractivity contribution in [3.63, 3.8) is 0 Å². The van der Waals surface area contributed by atoms with Gasteiger partial charge in [-0.1, -0.05) is 32.4 Å². The molecule has 0 saturated heterocycles. The van der Waals surface area contributed by atoms with Gasteiger partial charge in [-0.2, -0.15) is 5.26 Å². The molecule has 2 atom stereocenters. The average Bonchev–Trinajstić information content (AvgIpc) is 2.73. The van der Waals surface area contributed by atoms with E-state index in [1.54, 1.807) is 48.5 Å². The fourth-order valence-electron chi connectivity index (χ4n) is 4.29. The first-order valence-electron chi connectivity index (χ1n) is 10.1. The van der Waals surface area contributed by atoms with Crippen LogP contribution in [-0.4, -0.2) is 16.7 Å². The van der Waals surface area contributed by atoms with Crippen LogP contribution in [0.2, 0.25) is 5.02 Å². The summed E-state index contributed by atoms with van der Waals surface area (Å²) in [4.78, 5) is 17.4. The second kappa shape index (κ2) is 8.95. The van der Waals surface area contributed by atoms with Crippen molar-refractivity contribution in [3.8, 4) is 22.9 Å². The number of nitrogens with zero attached hydrogens (tertiary/aromatic N) is 3. The molecule has 5 nitrogen and oxygen atoms in total. The molecule has 0 aliphatic rings. The Morgan fingerprint density at radius 3 is 2.39 bits per heavy atom. The van der Waals surface area contributed by atoms with Gasteiger partial charge in [-0.05, 0) is 48.2 Å². The summed E-state index contributed by atoms with van der Waals surface area (Å²) in [5.74, 6) is 0.567. The van der Waals surface area contributed by atoms with E-state index in [4.69, 9.17) is 16.3 Å². The molecule has 0 bridgehead atoms. The molecule has 0 amide bonds. The molecule has 2 heterocycles. The van der Waals surface area contributed by atoms with Crippen molar-refractivity contribution in [3.05, 3.63) is 81.5 Å². The van der Waals surface area contributed by atoms with E-state index in [-0.39, 0.29) is 22.9 Å². The molecule has 0 aliphatic carbocycles. The number of hydrogen-bond donors (Lipinski definition) is 0. The fourth-order valence-corrected chi connectivity index (χ4v) is 4.46. The van der Waals surface area contributed by atoms with Crippen LogP contribution in [0.15, 0.2) is 59.8 Å². The number of methoxy groups -OCH3 is 1. The standard InChI is InChI=1S/C25H26ClN3O2/c1-16(24(25(2,3)4)17-8-10-28-11-9-17)29-15-22(31-5)21(13-23(29)30)20-12-19(26)7-6-18(20)14-27/h6-13,15-16,24H,1-5H3. The number of hydrogen-bond acceptors (Lipinski definition) is 4. The lowest BCUT2D eigenvalue weighted by Crippen LogP contribution is -2.32. The molecule has 2 unspecified atom stereocenters. The number of aromatic nitrogens is 2. The summed E-state index contributed by atoms with van der Waals surface area (Å²) in [5, 5.41) is 10.00. The van der Waals surface area contributed by atoms with Crippen molar-refractivity contribution in [1.82, 2.24) is 9.55 Å². The van der Waals surface area contributed by atoms with Gasteiger partial charge in [-0.15, -0.1) is 0 Å². The molecule has 0 N–H and O–H groups in total. The molecule has 3 aromatic rings. The molecule has 1 aromatic carbocycles. The summed E-state index contributed by atoms with van der Waals surface area (Å²) < 4.78 is 7.34. The first kappa shape index (κ1) is 22.6. The molecule has 31 heavy (non-hydrogen) atoms. The first-order valence-corrected chi connectivity index (χ1v) is 10.4. The van der Waals surface area contributed by atoms with Crippen LogP contribution < -0.4 is 10.3 Å². The van der Waals surface area contributed by atoms with Crippen molar-refractivity contribution in [2.75, 3.05) is 7.11 Å². The predicted octanol–water partition coefficient (Wildman–Crippen LogP) is 5.83. The Labute approximate surface area is 187 Å². The Balaban J connectivity index is 2.17. The van der Waals surface area contributed by atoms with Crippen LogP contribution in [-0.2, 0) is 0 Å². The summed E-state index contributed by atoms with van der Waals surface area (Å²) in [7, 11) is 1.55.